The van der Waals surface area contributed by atoms with Gasteiger partial charge >= 0.3 is 0 Å². The van der Waals surface area contributed by atoms with Crippen molar-refractivity contribution in [3.05, 3.63) is 28.2 Å². The molecule has 0 radical (unpaired) electrons. The zero-order valence-electron chi connectivity index (χ0n) is 10.5. The Morgan fingerprint density at radius 2 is 2.17 bits per heavy atom. The number of amides is 1. The fraction of sp³-hybridized carbons (Fsp3) is 0.462. The lowest BCUT2D eigenvalue weighted by Gasteiger charge is -2.21. The molecular weight excluding hydrogens is 296 g/mol. The third kappa shape index (κ3) is 3.99. The van der Waals surface area contributed by atoms with Gasteiger partial charge in [0.1, 0.15) is 0 Å². The van der Waals surface area contributed by atoms with Gasteiger partial charge in [0.05, 0.1) is 6.61 Å². The van der Waals surface area contributed by atoms with Crippen LogP contribution >= 0.6 is 15.9 Å². The van der Waals surface area contributed by atoms with Gasteiger partial charge in [-0.05, 0) is 40.5 Å². The summed E-state index contributed by atoms with van der Waals surface area (Å²) in [5, 5.41) is 9.01. The second-order valence-corrected chi connectivity index (χ2v) is 4.96. The maximum absolute atomic E-state index is 12.3. The molecule has 3 N–H and O–H groups in total. The van der Waals surface area contributed by atoms with E-state index in [1.807, 2.05) is 0 Å². The number of hydrogen-bond acceptors (Lipinski definition) is 3. The first-order valence-corrected chi connectivity index (χ1v) is 6.84. The SMILES string of the molecule is CCCCN(CCO)C(=O)c1ccc(N)c(Br)c1. The molecule has 18 heavy (non-hydrogen) atoms. The van der Waals surface area contributed by atoms with E-state index in [-0.39, 0.29) is 12.5 Å². The van der Waals surface area contributed by atoms with E-state index < -0.39 is 0 Å². The second kappa shape index (κ2) is 7.38. The molecule has 0 aliphatic carbocycles. The number of aliphatic hydroxyl groups excluding tert-OH is 1. The van der Waals surface area contributed by atoms with Crippen LogP contribution < -0.4 is 5.73 Å². The molecule has 4 nitrogen and oxygen atoms in total. The van der Waals surface area contributed by atoms with Gasteiger partial charge < -0.3 is 15.7 Å². The summed E-state index contributed by atoms with van der Waals surface area (Å²) in [6, 6.07) is 5.13. The van der Waals surface area contributed by atoms with Crippen LogP contribution in [0.3, 0.4) is 0 Å². The van der Waals surface area contributed by atoms with Crippen LogP contribution in [0.15, 0.2) is 22.7 Å². The first-order valence-electron chi connectivity index (χ1n) is 6.05. The fourth-order valence-electron chi connectivity index (χ4n) is 1.63. The van der Waals surface area contributed by atoms with Gasteiger partial charge in [0, 0.05) is 28.8 Å². The van der Waals surface area contributed by atoms with Crippen LogP contribution in [0.1, 0.15) is 30.1 Å². The van der Waals surface area contributed by atoms with Gasteiger partial charge in [-0.1, -0.05) is 13.3 Å². The van der Waals surface area contributed by atoms with Crippen molar-refractivity contribution < 1.29 is 9.90 Å². The van der Waals surface area contributed by atoms with Gasteiger partial charge in [0.25, 0.3) is 5.91 Å². The lowest BCUT2D eigenvalue weighted by Crippen LogP contribution is -2.34. The number of nitrogens with two attached hydrogens (primary N) is 1. The van der Waals surface area contributed by atoms with Gasteiger partial charge in [-0.15, -0.1) is 0 Å². The minimum Gasteiger partial charge on any atom is -0.398 e. The zero-order valence-corrected chi connectivity index (χ0v) is 12.1. The highest BCUT2D eigenvalue weighted by Crippen LogP contribution is 2.21. The summed E-state index contributed by atoms with van der Waals surface area (Å²) in [6.45, 7) is 3.08. The molecular formula is C13H19BrN2O2. The number of unbranched alkanes of at least 4 members (excludes halogenated alkanes) is 1. The largest absolute Gasteiger partial charge is 0.398 e. The molecule has 0 spiro atoms. The molecule has 0 heterocycles. The van der Waals surface area contributed by atoms with Crippen molar-refractivity contribution in [3.8, 4) is 0 Å². The summed E-state index contributed by atoms with van der Waals surface area (Å²) < 4.78 is 0.716. The van der Waals surface area contributed by atoms with Crippen molar-refractivity contribution >= 4 is 27.5 Å². The minimum atomic E-state index is -0.0711. The van der Waals surface area contributed by atoms with E-state index in [4.69, 9.17) is 10.8 Å². The van der Waals surface area contributed by atoms with Gasteiger partial charge in [0.15, 0.2) is 0 Å². The summed E-state index contributed by atoms with van der Waals surface area (Å²) in [7, 11) is 0. The van der Waals surface area contributed by atoms with E-state index in [9.17, 15) is 4.79 Å². The molecule has 1 rings (SSSR count). The molecule has 0 bridgehead atoms. The number of carbonyl (C=O) groups is 1. The lowest BCUT2D eigenvalue weighted by atomic mass is 10.1. The van der Waals surface area contributed by atoms with Crippen molar-refractivity contribution in [2.75, 3.05) is 25.4 Å². The van der Waals surface area contributed by atoms with Crippen LogP contribution in [0.5, 0.6) is 0 Å². The second-order valence-electron chi connectivity index (χ2n) is 4.11. The predicted octanol–water partition coefficient (Wildman–Crippen LogP) is 2.27. The number of hydrogen-bond donors (Lipinski definition) is 2. The number of rotatable bonds is 6. The number of benzene rings is 1. The molecule has 5 heteroatoms. The third-order valence-corrected chi connectivity index (χ3v) is 3.37. The number of halogens is 1. The van der Waals surface area contributed by atoms with Crippen LogP contribution in [0.25, 0.3) is 0 Å². The quantitative estimate of drug-likeness (QED) is 0.791. The molecule has 0 atom stereocenters. The van der Waals surface area contributed by atoms with Crippen LogP contribution in [0, 0.1) is 0 Å². The molecule has 1 aromatic rings. The van der Waals surface area contributed by atoms with E-state index in [0.29, 0.717) is 28.8 Å². The number of nitrogen functional groups attached to an aromatic ring is 1. The van der Waals surface area contributed by atoms with Crippen LogP contribution in [0.4, 0.5) is 5.69 Å². The summed E-state index contributed by atoms with van der Waals surface area (Å²) in [6.07, 6.45) is 1.95. The number of aliphatic hydroxyl groups is 1. The Kier molecular flexibility index (Phi) is 6.15. The van der Waals surface area contributed by atoms with Gasteiger partial charge in [0.2, 0.25) is 0 Å². The van der Waals surface area contributed by atoms with E-state index in [1.165, 1.54) is 0 Å². The highest BCUT2D eigenvalue weighted by Gasteiger charge is 2.15. The standard InChI is InChI=1S/C13H19BrN2O2/c1-2-3-6-16(7-8-17)13(18)10-4-5-12(15)11(14)9-10/h4-5,9,17H,2-3,6-8,15H2,1H3. The molecule has 0 aromatic heterocycles. The molecule has 1 aromatic carbocycles. The van der Waals surface area contributed by atoms with Crippen molar-refractivity contribution in [2.45, 2.75) is 19.8 Å². The number of anilines is 1. The van der Waals surface area contributed by atoms with E-state index in [2.05, 4.69) is 22.9 Å². The van der Waals surface area contributed by atoms with Crippen molar-refractivity contribution in [3.63, 3.8) is 0 Å². The maximum Gasteiger partial charge on any atom is 0.253 e. The summed E-state index contributed by atoms with van der Waals surface area (Å²) in [4.78, 5) is 13.9. The third-order valence-electron chi connectivity index (χ3n) is 2.69. The van der Waals surface area contributed by atoms with E-state index >= 15 is 0 Å². The first-order chi connectivity index (χ1) is 8.60. The Balaban J connectivity index is 2.83. The average Bonchev–Trinajstić information content (AvgIpc) is 2.37. The summed E-state index contributed by atoms with van der Waals surface area (Å²) in [5.41, 5.74) is 6.88. The monoisotopic (exact) mass is 314 g/mol. The Bertz CT molecular complexity index is 410. The van der Waals surface area contributed by atoms with Crippen LogP contribution in [-0.2, 0) is 0 Å². The number of carbonyl (C=O) groups excluding carboxylic acids is 1. The van der Waals surface area contributed by atoms with Crippen LogP contribution in [0.2, 0.25) is 0 Å². The molecule has 1 amide bonds. The predicted molar refractivity (Wildman–Crippen MR) is 76.5 cm³/mol. The minimum absolute atomic E-state index is 0.0222. The normalized spacial score (nSPS) is 10.4. The van der Waals surface area contributed by atoms with Crippen molar-refractivity contribution in [1.82, 2.24) is 4.90 Å². The Labute approximate surface area is 116 Å². The number of nitrogens with zero attached hydrogens (tertiary/aromatic N) is 1. The van der Waals surface area contributed by atoms with Crippen molar-refractivity contribution in [1.29, 1.82) is 0 Å². The lowest BCUT2D eigenvalue weighted by molar-refractivity contribution is 0.0719. The summed E-state index contributed by atoms with van der Waals surface area (Å²) >= 11 is 3.31. The van der Waals surface area contributed by atoms with Crippen LogP contribution in [-0.4, -0.2) is 35.6 Å². The Morgan fingerprint density at radius 1 is 1.44 bits per heavy atom. The molecule has 0 saturated heterocycles. The molecule has 100 valence electrons. The molecule has 0 aliphatic heterocycles. The highest BCUT2D eigenvalue weighted by molar-refractivity contribution is 9.10. The Morgan fingerprint density at radius 3 is 2.72 bits per heavy atom. The summed E-state index contributed by atoms with van der Waals surface area (Å²) in [5.74, 6) is -0.0711. The molecule has 0 saturated carbocycles. The van der Waals surface area contributed by atoms with E-state index in [0.717, 1.165) is 12.8 Å². The zero-order chi connectivity index (χ0) is 13.5. The van der Waals surface area contributed by atoms with Gasteiger partial charge in [-0.2, -0.15) is 0 Å². The molecule has 0 aliphatic rings. The smallest absolute Gasteiger partial charge is 0.253 e. The van der Waals surface area contributed by atoms with Crippen molar-refractivity contribution in [2.24, 2.45) is 0 Å². The van der Waals surface area contributed by atoms with E-state index in [1.54, 1.807) is 23.1 Å². The average molecular weight is 315 g/mol. The van der Waals surface area contributed by atoms with Gasteiger partial charge in [-0.25, -0.2) is 0 Å². The molecule has 0 fully saturated rings. The maximum atomic E-state index is 12.3. The first kappa shape index (κ1) is 15.0. The fourth-order valence-corrected chi connectivity index (χ4v) is 2.01. The highest BCUT2D eigenvalue weighted by atomic mass is 79.9. The molecule has 0 unspecified atom stereocenters. The van der Waals surface area contributed by atoms with Gasteiger partial charge in [-0.3, -0.25) is 4.79 Å². The Hall–Kier alpha value is -1.07. The topological polar surface area (TPSA) is 66.6 Å².